The van der Waals surface area contributed by atoms with Crippen LogP contribution >= 0.6 is 11.6 Å². The minimum atomic E-state index is -0.912. The monoisotopic (exact) mass is 450 g/mol. The Labute approximate surface area is 190 Å². The molecular formula is C25H35ClO5. The van der Waals surface area contributed by atoms with E-state index in [0.717, 1.165) is 0 Å². The van der Waals surface area contributed by atoms with E-state index in [1.54, 1.807) is 18.2 Å². The fourth-order valence-electron chi connectivity index (χ4n) is 5.70. The van der Waals surface area contributed by atoms with Gasteiger partial charge < -0.3 is 14.9 Å². The van der Waals surface area contributed by atoms with E-state index in [9.17, 15) is 19.8 Å². The molecule has 6 heteroatoms. The SMILES string of the molecule is CCOc1ccc(Cl)cc1C([C@H]1C(=O)CC(C)(C)C[C@@H]1O)[C@@H]1C(=O)CC(C)(C)C[C@@H]1O. The molecule has 0 aliphatic heterocycles. The lowest BCUT2D eigenvalue weighted by molar-refractivity contribution is -0.144. The Morgan fingerprint density at radius 1 is 1.00 bits per heavy atom. The number of aliphatic hydroxyl groups excluding tert-OH is 2. The maximum atomic E-state index is 13.3. The molecule has 31 heavy (non-hydrogen) atoms. The third-order valence-electron chi connectivity index (χ3n) is 6.81. The van der Waals surface area contributed by atoms with Crippen LogP contribution in [0.2, 0.25) is 5.02 Å². The average Bonchev–Trinajstić information content (AvgIpc) is 2.59. The van der Waals surface area contributed by atoms with Crippen LogP contribution in [0.5, 0.6) is 5.75 Å². The second-order valence-electron chi connectivity index (χ2n) is 10.9. The van der Waals surface area contributed by atoms with Crippen LogP contribution in [0.3, 0.4) is 0 Å². The summed E-state index contributed by atoms with van der Waals surface area (Å²) in [6, 6.07) is 5.16. The zero-order chi connectivity index (χ0) is 23.1. The van der Waals surface area contributed by atoms with E-state index in [4.69, 9.17) is 16.3 Å². The van der Waals surface area contributed by atoms with Gasteiger partial charge in [-0.1, -0.05) is 39.3 Å². The van der Waals surface area contributed by atoms with Crippen molar-refractivity contribution in [1.82, 2.24) is 0 Å². The topological polar surface area (TPSA) is 83.8 Å². The van der Waals surface area contributed by atoms with Crippen LogP contribution in [0.1, 0.15) is 71.8 Å². The Kier molecular flexibility index (Phi) is 6.90. The molecule has 5 atom stereocenters. The van der Waals surface area contributed by atoms with Crippen LogP contribution in [0.25, 0.3) is 0 Å². The minimum Gasteiger partial charge on any atom is -0.494 e. The predicted molar refractivity (Wildman–Crippen MR) is 120 cm³/mol. The maximum Gasteiger partial charge on any atom is 0.139 e. The molecule has 3 rings (SSSR count). The minimum absolute atomic E-state index is 0.0824. The van der Waals surface area contributed by atoms with E-state index in [0.29, 0.717) is 48.6 Å². The Hall–Kier alpha value is -1.43. The van der Waals surface area contributed by atoms with Gasteiger partial charge in [-0.2, -0.15) is 0 Å². The second-order valence-corrected chi connectivity index (χ2v) is 11.3. The van der Waals surface area contributed by atoms with Crippen molar-refractivity contribution in [3.05, 3.63) is 28.8 Å². The third kappa shape index (κ3) is 5.15. The zero-order valence-electron chi connectivity index (χ0n) is 19.2. The van der Waals surface area contributed by atoms with Crippen molar-refractivity contribution in [2.75, 3.05) is 6.61 Å². The van der Waals surface area contributed by atoms with Gasteiger partial charge in [0.15, 0.2) is 0 Å². The van der Waals surface area contributed by atoms with Crippen molar-refractivity contribution in [2.24, 2.45) is 22.7 Å². The molecule has 0 radical (unpaired) electrons. The van der Waals surface area contributed by atoms with Gasteiger partial charge in [0.1, 0.15) is 17.3 Å². The quantitative estimate of drug-likeness (QED) is 0.687. The molecule has 2 fully saturated rings. The Morgan fingerprint density at radius 2 is 1.48 bits per heavy atom. The number of carbonyl (C=O) groups is 2. The molecule has 5 nitrogen and oxygen atoms in total. The molecule has 1 aromatic carbocycles. The summed E-state index contributed by atoms with van der Waals surface area (Å²) >= 11 is 6.32. The van der Waals surface area contributed by atoms with E-state index in [2.05, 4.69) is 0 Å². The molecule has 1 aromatic rings. The first-order valence-corrected chi connectivity index (χ1v) is 11.6. The van der Waals surface area contributed by atoms with Gasteiger partial charge in [-0.05, 0) is 48.8 Å². The van der Waals surface area contributed by atoms with E-state index < -0.39 is 30.0 Å². The first-order valence-electron chi connectivity index (χ1n) is 11.2. The van der Waals surface area contributed by atoms with Crippen molar-refractivity contribution >= 4 is 23.2 Å². The number of hydrogen-bond donors (Lipinski definition) is 2. The van der Waals surface area contributed by atoms with Gasteiger partial charge in [0.05, 0.1) is 30.7 Å². The molecule has 2 aliphatic carbocycles. The lowest BCUT2D eigenvalue weighted by Gasteiger charge is -2.46. The fourth-order valence-corrected chi connectivity index (χ4v) is 5.88. The van der Waals surface area contributed by atoms with Crippen molar-refractivity contribution < 1.29 is 24.5 Å². The lowest BCUT2D eigenvalue weighted by Crippen LogP contribution is -2.51. The van der Waals surface area contributed by atoms with E-state index in [-0.39, 0.29) is 22.4 Å². The van der Waals surface area contributed by atoms with Crippen molar-refractivity contribution in [2.45, 2.75) is 78.4 Å². The molecule has 0 heterocycles. The van der Waals surface area contributed by atoms with Crippen molar-refractivity contribution in [3.8, 4) is 5.75 Å². The molecule has 0 spiro atoms. The smallest absolute Gasteiger partial charge is 0.139 e. The highest BCUT2D eigenvalue weighted by Crippen LogP contribution is 2.51. The summed E-state index contributed by atoms with van der Waals surface area (Å²) < 4.78 is 5.83. The van der Waals surface area contributed by atoms with Gasteiger partial charge in [-0.25, -0.2) is 0 Å². The Bertz CT molecular complexity index is 804. The predicted octanol–water partition coefficient (Wildman–Crippen LogP) is 4.55. The van der Waals surface area contributed by atoms with Crippen LogP contribution < -0.4 is 4.74 Å². The number of Topliss-reactive ketones (excluding diaryl/α,β-unsaturated/α-hetero) is 2. The Morgan fingerprint density at radius 3 is 1.90 bits per heavy atom. The standard InChI is InChI=1S/C25H35ClO5/c1-6-31-20-8-7-14(26)9-15(20)21(22-16(27)10-24(2,3)11-17(22)28)23-18(29)12-25(4,5)13-19(23)30/h7-9,16,18,21-23,27,29H,6,10-13H2,1-5H3/t16-,18-,21?,22-,23+/m0/s1. The summed E-state index contributed by atoms with van der Waals surface area (Å²) in [6.45, 7) is 10.1. The molecule has 2 N–H and O–H groups in total. The highest BCUT2D eigenvalue weighted by Gasteiger charge is 2.52. The van der Waals surface area contributed by atoms with Crippen LogP contribution in [-0.4, -0.2) is 40.6 Å². The van der Waals surface area contributed by atoms with E-state index in [1.807, 2.05) is 34.6 Å². The Balaban J connectivity index is 2.15. The van der Waals surface area contributed by atoms with Crippen molar-refractivity contribution in [1.29, 1.82) is 0 Å². The van der Waals surface area contributed by atoms with Crippen LogP contribution in [0, 0.1) is 22.7 Å². The first-order chi connectivity index (χ1) is 14.3. The van der Waals surface area contributed by atoms with E-state index >= 15 is 0 Å². The highest BCUT2D eigenvalue weighted by molar-refractivity contribution is 6.30. The molecule has 0 amide bonds. The molecule has 0 bridgehead atoms. The number of hydrogen-bond acceptors (Lipinski definition) is 5. The normalized spacial score (nSPS) is 31.4. The van der Waals surface area contributed by atoms with Gasteiger partial charge >= 0.3 is 0 Å². The summed E-state index contributed by atoms with van der Waals surface area (Å²) in [5.74, 6) is -1.92. The van der Waals surface area contributed by atoms with Gasteiger partial charge in [-0.3, -0.25) is 9.59 Å². The molecule has 2 saturated carbocycles. The summed E-state index contributed by atoms with van der Waals surface area (Å²) in [4.78, 5) is 26.7. The molecular weight excluding hydrogens is 416 g/mol. The number of halogens is 1. The van der Waals surface area contributed by atoms with E-state index in [1.165, 1.54) is 0 Å². The number of rotatable bonds is 5. The summed E-state index contributed by atoms with van der Waals surface area (Å²) in [6.07, 6.45) is -0.287. The highest BCUT2D eigenvalue weighted by atomic mass is 35.5. The third-order valence-corrected chi connectivity index (χ3v) is 7.04. The number of ketones is 2. The lowest BCUT2D eigenvalue weighted by atomic mass is 9.58. The number of aliphatic hydroxyl groups is 2. The average molecular weight is 451 g/mol. The molecule has 172 valence electrons. The van der Waals surface area contributed by atoms with Gasteiger partial charge in [-0.15, -0.1) is 0 Å². The summed E-state index contributed by atoms with van der Waals surface area (Å²) in [5, 5.41) is 22.7. The number of carbonyl (C=O) groups excluding carboxylic acids is 2. The molecule has 1 unspecified atom stereocenters. The molecule has 0 saturated heterocycles. The van der Waals surface area contributed by atoms with Crippen LogP contribution in [0.4, 0.5) is 0 Å². The van der Waals surface area contributed by atoms with Gasteiger partial charge in [0.25, 0.3) is 0 Å². The van der Waals surface area contributed by atoms with Crippen molar-refractivity contribution in [3.63, 3.8) is 0 Å². The van der Waals surface area contributed by atoms with Crippen LogP contribution in [-0.2, 0) is 9.59 Å². The fraction of sp³-hybridized carbons (Fsp3) is 0.680. The van der Waals surface area contributed by atoms with Crippen LogP contribution in [0.15, 0.2) is 18.2 Å². The summed E-state index contributed by atoms with van der Waals surface area (Å²) in [7, 11) is 0. The van der Waals surface area contributed by atoms with Gasteiger partial charge in [0, 0.05) is 29.3 Å². The maximum absolute atomic E-state index is 13.3. The summed E-state index contributed by atoms with van der Waals surface area (Å²) in [5.41, 5.74) is -0.0129. The zero-order valence-corrected chi connectivity index (χ0v) is 19.9. The van der Waals surface area contributed by atoms with Gasteiger partial charge in [0.2, 0.25) is 0 Å². The largest absolute Gasteiger partial charge is 0.494 e. The number of benzene rings is 1. The number of ether oxygens (including phenoxy) is 1. The second kappa shape index (κ2) is 8.84. The molecule has 2 aliphatic rings. The molecule has 0 aromatic heterocycles. The first kappa shape index (κ1) is 24.2.